The fourth-order valence-electron chi connectivity index (χ4n) is 2.38. The molecule has 1 saturated heterocycles. The molecule has 0 spiro atoms. The lowest BCUT2D eigenvalue weighted by atomic mass is 10.1. The number of esters is 1. The van der Waals surface area contributed by atoms with E-state index in [0.29, 0.717) is 17.0 Å². The van der Waals surface area contributed by atoms with Crippen molar-refractivity contribution in [1.82, 2.24) is 0 Å². The number of hydrogen-bond donors (Lipinski definition) is 1. The van der Waals surface area contributed by atoms with Crippen LogP contribution in [0.2, 0.25) is 0 Å². The Morgan fingerprint density at radius 1 is 1.58 bits per heavy atom. The van der Waals surface area contributed by atoms with Gasteiger partial charge in [0.15, 0.2) is 0 Å². The predicted molar refractivity (Wildman–Crippen MR) is 72.8 cm³/mol. The molecule has 1 N–H and O–H groups in total. The highest BCUT2D eigenvalue weighted by atomic mass is 32.1. The van der Waals surface area contributed by atoms with E-state index >= 15 is 0 Å². The molecule has 5 nitrogen and oxygen atoms in total. The van der Waals surface area contributed by atoms with Crippen LogP contribution >= 0.6 is 11.3 Å². The maximum absolute atomic E-state index is 12.0. The number of aryl methyl sites for hydroxylation is 1. The summed E-state index contributed by atoms with van der Waals surface area (Å²) >= 11 is 1.41. The highest BCUT2D eigenvalue weighted by Crippen LogP contribution is 2.38. The number of aliphatic hydroxyl groups is 1. The van der Waals surface area contributed by atoms with Gasteiger partial charge >= 0.3 is 5.97 Å². The third kappa shape index (κ3) is 2.37. The molecule has 0 radical (unpaired) electrons. The van der Waals surface area contributed by atoms with E-state index in [1.54, 1.807) is 0 Å². The van der Waals surface area contributed by atoms with Crippen molar-refractivity contribution in [3.63, 3.8) is 0 Å². The highest BCUT2D eigenvalue weighted by molar-refractivity contribution is 7.17. The number of thiophene rings is 1. The first kappa shape index (κ1) is 14.0. The number of carbonyl (C=O) groups is 2. The van der Waals surface area contributed by atoms with Crippen LogP contribution in [0, 0.1) is 6.92 Å². The van der Waals surface area contributed by atoms with Crippen molar-refractivity contribution in [3.05, 3.63) is 16.0 Å². The number of β-amino-alcohol motifs (C(OH)–C–C–N with tert-alkyl or cyclic N) is 1. The molecule has 0 saturated carbocycles. The monoisotopic (exact) mass is 283 g/mol. The SMILES string of the molecule is CCc1c(C)sc(N2CC(O)CC2=O)c1C(=O)OC. The smallest absolute Gasteiger partial charge is 0.341 e. The van der Waals surface area contributed by atoms with Crippen molar-refractivity contribution in [2.24, 2.45) is 0 Å². The van der Waals surface area contributed by atoms with Crippen LogP contribution in [-0.4, -0.2) is 36.7 Å². The first-order valence-electron chi connectivity index (χ1n) is 6.18. The molecular formula is C13H17NO4S. The minimum atomic E-state index is -0.662. The second-order valence-electron chi connectivity index (χ2n) is 4.52. The van der Waals surface area contributed by atoms with Crippen LogP contribution in [0.3, 0.4) is 0 Å². The topological polar surface area (TPSA) is 66.8 Å². The molecule has 6 heteroatoms. The Kier molecular flexibility index (Phi) is 3.91. The van der Waals surface area contributed by atoms with Crippen molar-refractivity contribution in [1.29, 1.82) is 0 Å². The molecule has 0 bridgehead atoms. The summed E-state index contributed by atoms with van der Waals surface area (Å²) in [5.74, 6) is -0.577. The zero-order valence-corrected chi connectivity index (χ0v) is 12.0. The summed E-state index contributed by atoms with van der Waals surface area (Å²) in [5, 5.41) is 10.2. The molecule has 0 aliphatic carbocycles. The fourth-order valence-corrected chi connectivity index (χ4v) is 3.63. The van der Waals surface area contributed by atoms with Gasteiger partial charge in [-0.05, 0) is 18.9 Å². The van der Waals surface area contributed by atoms with E-state index in [2.05, 4.69) is 0 Å². The minimum absolute atomic E-state index is 0.110. The van der Waals surface area contributed by atoms with E-state index in [1.165, 1.54) is 23.3 Å². The first-order chi connectivity index (χ1) is 8.99. The van der Waals surface area contributed by atoms with Crippen LogP contribution < -0.4 is 4.90 Å². The van der Waals surface area contributed by atoms with E-state index in [1.807, 2.05) is 13.8 Å². The number of aliphatic hydroxyl groups excluding tert-OH is 1. The molecule has 1 aliphatic heterocycles. The van der Waals surface area contributed by atoms with Gasteiger partial charge in [-0.3, -0.25) is 4.79 Å². The first-order valence-corrected chi connectivity index (χ1v) is 7.00. The van der Waals surface area contributed by atoms with Gasteiger partial charge in [0.25, 0.3) is 0 Å². The molecule has 1 fully saturated rings. The number of ether oxygens (including phenoxy) is 1. The normalized spacial score (nSPS) is 19.1. The summed E-state index contributed by atoms with van der Waals surface area (Å²) in [6.07, 6.45) is 0.154. The van der Waals surface area contributed by atoms with Crippen LogP contribution in [0.15, 0.2) is 0 Å². The average Bonchev–Trinajstić information content (AvgIpc) is 2.87. The maximum Gasteiger partial charge on any atom is 0.341 e. The summed E-state index contributed by atoms with van der Waals surface area (Å²) in [5.41, 5.74) is 1.39. The van der Waals surface area contributed by atoms with Gasteiger partial charge in [0.2, 0.25) is 5.91 Å². The Morgan fingerprint density at radius 2 is 2.26 bits per heavy atom. The lowest BCUT2D eigenvalue weighted by Gasteiger charge is -2.15. The summed E-state index contributed by atoms with van der Waals surface area (Å²) in [7, 11) is 1.33. The van der Waals surface area contributed by atoms with E-state index in [9.17, 15) is 14.7 Å². The van der Waals surface area contributed by atoms with Gasteiger partial charge in [-0.15, -0.1) is 11.3 Å². The third-order valence-corrected chi connectivity index (χ3v) is 4.45. The van der Waals surface area contributed by atoms with Gasteiger partial charge in [0.1, 0.15) is 5.00 Å². The van der Waals surface area contributed by atoms with Gasteiger partial charge in [-0.2, -0.15) is 0 Å². The second-order valence-corrected chi connectivity index (χ2v) is 5.73. The van der Waals surface area contributed by atoms with Gasteiger partial charge in [0, 0.05) is 4.88 Å². The van der Waals surface area contributed by atoms with Crippen LogP contribution in [0.1, 0.15) is 34.1 Å². The zero-order chi connectivity index (χ0) is 14.2. The Bertz CT molecular complexity index is 523. The number of nitrogens with zero attached hydrogens (tertiary/aromatic N) is 1. The predicted octanol–water partition coefficient (Wildman–Crippen LogP) is 1.50. The van der Waals surface area contributed by atoms with Crippen molar-refractivity contribution in [2.45, 2.75) is 32.8 Å². The number of methoxy groups -OCH3 is 1. The molecule has 2 rings (SSSR count). The van der Waals surface area contributed by atoms with E-state index < -0.39 is 12.1 Å². The Hall–Kier alpha value is -1.40. The molecule has 1 aliphatic rings. The minimum Gasteiger partial charge on any atom is -0.465 e. The molecule has 1 unspecified atom stereocenters. The molecule has 0 aromatic carbocycles. The molecule has 1 amide bonds. The number of carbonyl (C=O) groups excluding carboxylic acids is 2. The van der Waals surface area contributed by atoms with E-state index in [0.717, 1.165) is 10.4 Å². The average molecular weight is 283 g/mol. The van der Waals surface area contributed by atoms with Crippen molar-refractivity contribution in [3.8, 4) is 0 Å². The molecule has 2 heterocycles. The second kappa shape index (κ2) is 5.30. The molecular weight excluding hydrogens is 266 g/mol. The molecule has 1 aromatic heterocycles. The highest BCUT2D eigenvalue weighted by Gasteiger charge is 2.34. The van der Waals surface area contributed by atoms with Crippen molar-refractivity contribution < 1.29 is 19.4 Å². The summed E-state index contributed by atoms with van der Waals surface area (Å²) in [6, 6.07) is 0. The molecule has 19 heavy (non-hydrogen) atoms. The zero-order valence-electron chi connectivity index (χ0n) is 11.2. The fraction of sp³-hybridized carbons (Fsp3) is 0.538. The van der Waals surface area contributed by atoms with Crippen LogP contribution in [0.25, 0.3) is 0 Å². The largest absolute Gasteiger partial charge is 0.465 e. The van der Waals surface area contributed by atoms with Crippen LogP contribution in [0.5, 0.6) is 0 Å². The molecule has 1 aromatic rings. The van der Waals surface area contributed by atoms with Crippen molar-refractivity contribution in [2.75, 3.05) is 18.6 Å². The number of rotatable bonds is 3. The van der Waals surface area contributed by atoms with Crippen LogP contribution in [-0.2, 0) is 16.0 Å². The lowest BCUT2D eigenvalue weighted by Crippen LogP contribution is -2.26. The number of hydrogen-bond acceptors (Lipinski definition) is 5. The van der Waals surface area contributed by atoms with Gasteiger partial charge in [0.05, 0.1) is 31.7 Å². The number of amides is 1. The Balaban J connectivity index is 2.51. The van der Waals surface area contributed by atoms with Gasteiger partial charge in [-0.1, -0.05) is 6.92 Å². The Labute approximate surface area is 115 Å². The third-order valence-electron chi connectivity index (χ3n) is 3.28. The Morgan fingerprint density at radius 3 is 2.74 bits per heavy atom. The van der Waals surface area contributed by atoms with E-state index in [4.69, 9.17) is 4.74 Å². The van der Waals surface area contributed by atoms with Crippen molar-refractivity contribution >= 4 is 28.2 Å². The maximum atomic E-state index is 12.0. The molecule has 1 atom stereocenters. The van der Waals surface area contributed by atoms with Crippen LogP contribution in [0.4, 0.5) is 5.00 Å². The van der Waals surface area contributed by atoms with Gasteiger partial charge < -0.3 is 14.7 Å². The summed E-state index contributed by atoms with van der Waals surface area (Å²) < 4.78 is 4.82. The summed E-state index contributed by atoms with van der Waals surface area (Å²) in [6.45, 7) is 4.13. The molecule has 104 valence electrons. The lowest BCUT2D eigenvalue weighted by molar-refractivity contribution is -0.117. The standard InChI is InChI=1S/C13H17NO4S/c1-4-9-7(2)19-12(11(9)13(17)18-3)14-6-8(15)5-10(14)16/h8,15H,4-6H2,1-3H3. The quantitative estimate of drug-likeness (QED) is 0.854. The van der Waals surface area contributed by atoms with Gasteiger partial charge in [-0.25, -0.2) is 4.79 Å². The summed E-state index contributed by atoms with van der Waals surface area (Å²) in [4.78, 5) is 26.3. The van der Waals surface area contributed by atoms with E-state index in [-0.39, 0.29) is 18.9 Å². The number of anilines is 1.